The summed E-state index contributed by atoms with van der Waals surface area (Å²) >= 11 is 0. The molecule has 0 heterocycles. The van der Waals surface area contributed by atoms with Crippen LogP contribution in [0.25, 0.3) is 0 Å². The van der Waals surface area contributed by atoms with Crippen LogP contribution in [0.2, 0.25) is 0 Å². The lowest BCUT2D eigenvalue weighted by Crippen LogP contribution is -1.96. The van der Waals surface area contributed by atoms with Crippen LogP contribution in [0, 0.1) is 5.41 Å². The molecular formula is C5H11NO. The summed E-state index contributed by atoms with van der Waals surface area (Å²) in [5.74, 6) is -0.164. The zero-order chi connectivity index (χ0) is 8.20. The fraction of sp³-hybridized carbons (Fsp3) is 0.800. The zero-order valence-corrected chi connectivity index (χ0v) is 4.32. The van der Waals surface area contributed by atoms with Gasteiger partial charge < -0.3 is 4.74 Å². The average molecular weight is 104 g/mol. The molecule has 0 bridgehead atoms. The van der Waals surface area contributed by atoms with Crippen molar-refractivity contribution in [2.24, 2.45) is 0 Å². The van der Waals surface area contributed by atoms with Gasteiger partial charge in [0.25, 0.3) is 0 Å². The molecule has 0 rings (SSSR count). The maximum absolute atomic E-state index is 6.96. The minimum Gasteiger partial charge on any atom is -0.484 e. The normalized spacial score (nSPS) is 16.4. The van der Waals surface area contributed by atoms with Crippen molar-refractivity contribution in [1.29, 1.82) is 5.41 Å². The van der Waals surface area contributed by atoms with Crippen LogP contribution in [0.5, 0.6) is 0 Å². The van der Waals surface area contributed by atoms with Crippen LogP contribution in [0.1, 0.15) is 23.9 Å². The molecule has 0 aliphatic heterocycles. The maximum Gasteiger partial charge on any atom is 0.179 e. The average Bonchev–Trinajstić information content (AvgIpc) is 1.59. The van der Waals surface area contributed by atoms with Crippen LogP contribution < -0.4 is 0 Å². The van der Waals surface area contributed by atoms with E-state index in [0.717, 1.165) is 6.42 Å². The molecule has 7 heavy (non-hydrogen) atoms. The van der Waals surface area contributed by atoms with Crippen molar-refractivity contribution in [3.63, 3.8) is 0 Å². The predicted octanol–water partition coefficient (Wildman–Crippen LogP) is 1.41. The van der Waals surface area contributed by atoms with E-state index in [1.165, 1.54) is 0 Å². The topological polar surface area (TPSA) is 33.1 Å². The van der Waals surface area contributed by atoms with Crippen LogP contribution in [-0.2, 0) is 4.74 Å². The van der Waals surface area contributed by atoms with Crippen LogP contribution in [-0.4, -0.2) is 12.9 Å². The van der Waals surface area contributed by atoms with Gasteiger partial charge >= 0.3 is 0 Å². The number of hydrogen-bond acceptors (Lipinski definition) is 2. The number of methoxy groups -OCH3 is 1. The molecular weight excluding hydrogens is 90.1 g/mol. The minimum atomic E-state index is -2.45. The smallest absolute Gasteiger partial charge is 0.179 e. The molecule has 0 fully saturated rings. The van der Waals surface area contributed by atoms with Crippen molar-refractivity contribution in [3.8, 4) is 0 Å². The molecule has 1 N–H and O–H groups in total. The summed E-state index contributed by atoms with van der Waals surface area (Å²) in [6.45, 7) is 1.86. The molecule has 0 atom stereocenters. The third-order valence-electron chi connectivity index (χ3n) is 0.600. The van der Waals surface area contributed by atoms with Gasteiger partial charge in [-0.3, -0.25) is 5.41 Å². The second kappa shape index (κ2) is 3.65. The van der Waals surface area contributed by atoms with Crippen LogP contribution in [0.15, 0.2) is 0 Å². The number of hydrogen-bond donors (Lipinski definition) is 1. The lowest BCUT2D eigenvalue weighted by molar-refractivity contribution is 0.385. The Hall–Kier alpha value is -0.530. The first-order valence-corrected chi connectivity index (χ1v) is 2.22. The predicted molar refractivity (Wildman–Crippen MR) is 29.6 cm³/mol. The molecule has 0 aromatic carbocycles. The van der Waals surface area contributed by atoms with Gasteiger partial charge in [-0.15, -0.1) is 0 Å². The standard InChI is InChI=1S/C5H11NO/c1-3-4-5(6)7-2/h6H,3-4H2,1-2H3/i2D3. The quantitative estimate of drug-likeness (QED) is 0.417. The van der Waals surface area contributed by atoms with Gasteiger partial charge in [0.15, 0.2) is 5.90 Å². The summed E-state index contributed by atoms with van der Waals surface area (Å²) < 4.78 is 24.1. The SMILES string of the molecule is [2H]C([2H])([2H])OC(=N)CCC. The highest BCUT2D eigenvalue weighted by molar-refractivity contribution is 5.72. The molecule has 0 radical (unpaired) electrons. The first kappa shape index (κ1) is 2.70. The molecule has 0 amide bonds. The molecule has 0 spiro atoms. The van der Waals surface area contributed by atoms with Gasteiger partial charge in [0.05, 0.1) is 11.2 Å². The molecule has 2 heteroatoms. The molecule has 0 aliphatic rings. The van der Waals surface area contributed by atoms with Crippen molar-refractivity contribution >= 4 is 5.90 Å². The van der Waals surface area contributed by atoms with Gasteiger partial charge in [-0.25, -0.2) is 0 Å². The minimum absolute atomic E-state index is 0.164. The lowest BCUT2D eigenvalue weighted by Gasteiger charge is -1.95. The Morgan fingerprint density at radius 2 is 2.71 bits per heavy atom. The first-order chi connectivity index (χ1) is 4.45. The van der Waals surface area contributed by atoms with Gasteiger partial charge in [0.1, 0.15) is 0 Å². The summed E-state index contributed by atoms with van der Waals surface area (Å²) in [5, 5.41) is 6.96. The summed E-state index contributed by atoms with van der Waals surface area (Å²) in [5.41, 5.74) is 0. The van der Waals surface area contributed by atoms with Crippen LogP contribution >= 0.6 is 0 Å². The van der Waals surface area contributed by atoms with Crippen LogP contribution in [0.3, 0.4) is 0 Å². The second-order valence-corrected chi connectivity index (χ2v) is 1.28. The fourth-order valence-electron chi connectivity index (χ4n) is 0.278. The summed E-state index contributed by atoms with van der Waals surface area (Å²) in [6.07, 6.45) is 1.12. The Morgan fingerprint density at radius 3 is 3.14 bits per heavy atom. The molecule has 0 unspecified atom stereocenters. The van der Waals surface area contributed by atoms with E-state index >= 15 is 0 Å². The third kappa shape index (κ3) is 3.30. The molecule has 0 aromatic rings. The van der Waals surface area contributed by atoms with Crippen molar-refractivity contribution in [1.82, 2.24) is 0 Å². The Kier molecular flexibility index (Phi) is 1.41. The highest BCUT2D eigenvalue weighted by Gasteiger charge is 1.87. The first-order valence-electron chi connectivity index (χ1n) is 3.72. The fourth-order valence-corrected chi connectivity index (χ4v) is 0.278. The molecule has 0 aromatic heterocycles. The Morgan fingerprint density at radius 1 is 2.00 bits per heavy atom. The van der Waals surface area contributed by atoms with E-state index in [1.807, 2.05) is 6.92 Å². The van der Waals surface area contributed by atoms with Gasteiger partial charge in [0, 0.05) is 6.42 Å². The van der Waals surface area contributed by atoms with Crippen molar-refractivity contribution < 1.29 is 8.85 Å². The maximum atomic E-state index is 6.96. The van der Waals surface area contributed by atoms with Gasteiger partial charge in [0.2, 0.25) is 0 Å². The molecule has 0 saturated carbocycles. The van der Waals surface area contributed by atoms with Gasteiger partial charge in [-0.2, -0.15) is 0 Å². The van der Waals surface area contributed by atoms with E-state index < -0.39 is 7.04 Å². The number of ether oxygens (including phenoxy) is 1. The highest BCUT2D eigenvalue weighted by Crippen LogP contribution is 1.87. The van der Waals surface area contributed by atoms with E-state index in [-0.39, 0.29) is 5.90 Å². The van der Waals surface area contributed by atoms with Crippen molar-refractivity contribution in [2.45, 2.75) is 19.8 Å². The third-order valence-corrected chi connectivity index (χ3v) is 0.600. The van der Waals surface area contributed by atoms with Gasteiger partial charge in [-0.1, -0.05) is 6.92 Å². The zero-order valence-electron chi connectivity index (χ0n) is 7.32. The summed E-state index contributed by atoms with van der Waals surface area (Å²) in [4.78, 5) is 0. The second-order valence-electron chi connectivity index (χ2n) is 1.28. The number of rotatable bonds is 2. The van der Waals surface area contributed by atoms with Crippen LogP contribution in [0.4, 0.5) is 0 Å². The Balaban J connectivity index is 3.58. The monoisotopic (exact) mass is 104 g/mol. The summed E-state index contributed by atoms with van der Waals surface area (Å²) in [7, 11) is -2.45. The number of nitrogens with one attached hydrogen (secondary N) is 1. The van der Waals surface area contributed by atoms with E-state index in [9.17, 15) is 0 Å². The molecule has 2 nitrogen and oxygen atoms in total. The van der Waals surface area contributed by atoms with E-state index in [0.29, 0.717) is 6.42 Å². The Bertz CT molecular complexity index is 121. The summed E-state index contributed by atoms with van der Waals surface area (Å²) in [6, 6.07) is 0. The molecule has 0 aliphatic carbocycles. The van der Waals surface area contributed by atoms with Crippen molar-refractivity contribution in [2.75, 3.05) is 7.04 Å². The van der Waals surface area contributed by atoms with E-state index in [4.69, 9.17) is 9.52 Å². The van der Waals surface area contributed by atoms with Gasteiger partial charge in [-0.05, 0) is 6.42 Å². The largest absolute Gasteiger partial charge is 0.484 e. The van der Waals surface area contributed by atoms with Crippen molar-refractivity contribution in [3.05, 3.63) is 0 Å². The molecule has 0 saturated heterocycles. The molecule has 42 valence electrons. The Labute approximate surface area is 48.2 Å². The van der Waals surface area contributed by atoms with E-state index in [1.54, 1.807) is 0 Å². The highest BCUT2D eigenvalue weighted by atomic mass is 16.5. The van der Waals surface area contributed by atoms with E-state index in [2.05, 4.69) is 4.74 Å². The lowest BCUT2D eigenvalue weighted by atomic mass is 10.3.